The largest absolute Gasteiger partial charge is 0.345 e. The van der Waals surface area contributed by atoms with Gasteiger partial charge in [-0.2, -0.15) is 5.10 Å². The number of carbonyl (C=O) groups is 1. The van der Waals surface area contributed by atoms with Gasteiger partial charge in [-0.3, -0.25) is 4.79 Å². The van der Waals surface area contributed by atoms with E-state index in [-0.39, 0.29) is 18.0 Å². The van der Waals surface area contributed by atoms with E-state index in [4.69, 9.17) is 0 Å². The molecule has 0 aromatic carbocycles. The Hall–Kier alpha value is -1.43. The highest BCUT2D eigenvalue weighted by Gasteiger charge is 2.39. The molecule has 6 nitrogen and oxygen atoms in total. The van der Waals surface area contributed by atoms with Crippen LogP contribution in [0.1, 0.15) is 69.6 Å². The topological polar surface area (TPSA) is 71.8 Å². The Labute approximate surface area is 137 Å². The number of hydrogen-bond acceptors (Lipinski definition) is 4. The monoisotopic (exact) mass is 317 g/mol. The third-order valence-electron chi connectivity index (χ3n) is 5.73. The quantitative estimate of drug-likeness (QED) is 0.890. The molecule has 6 heteroatoms. The molecule has 3 heterocycles. The van der Waals surface area contributed by atoms with Crippen LogP contribution in [0.3, 0.4) is 0 Å². The highest BCUT2D eigenvalue weighted by molar-refractivity contribution is 5.82. The number of aromatic nitrogens is 3. The van der Waals surface area contributed by atoms with Crippen molar-refractivity contribution < 1.29 is 4.79 Å². The Morgan fingerprint density at radius 3 is 3.00 bits per heavy atom. The van der Waals surface area contributed by atoms with Gasteiger partial charge in [0.15, 0.2) is 5.82 Å². The van der Waals surface area contributed by atoms with Crippen molar-refractivity contribution in [2.45, 2.75) is 83.0 Å². The fraction of sp³-hybridized carbons (Fsp3) is 0.824. The molecule has 0 spiro atoms. The van der Waals surface area contributed by atoms with Crippen molar-refractivity contribution >= 4 is 5.91 Å². The van der Waals surface area contributed by atoms with Crippen molar-refractivity contribution in [3.63, 3.8) is 0 Å². The van der Waals surface area contributed by atoms with Crippen molar-refractivity contribution in [3.05, 3.63) is 11.6 Å². The van der Waals surface area contributed by atoms with Crippen molar-refractivity contribution in [1.82, 2.24) is 25.4 Å². The van der Waals surface area contributed by atoms with Gasteiger partial charge in [0.05, 0.1) is 12.1 Å². The van der Waals surface area contributed by atoms with Crippen LogP contribution in [0.5, 0.6) is 0 Å². The van der Waals surface area contributed by atoms with Crippen molar-refractivity contribution in [1.29, 1.82) is 0 Å². The number of hydrogen-bond donors (Lipinski definition) is 2. The molecule has 1 aromatic heterocycles. The van der Waals surface area contributed by atoms with Crippen LogP contribution in [0.4, 0.5) is 0 Å². The van der Waals surface area contributed by atoms with Gasteiger partial charge in [-0.25, -0.2) is 9.67 Å². The second-order valence-electron chi connectivity index (χ2n) is 7.27. The lowest BCUT2D eigenvalue weighted by Gasteiger charge is -2.25. The number of nitrogens with zero attached hydrogens (tertiary/aromatic N) is 3. The van der Waals surface area contributed by atoms with Gasteiger partial charge >= 0.3 is 0 Å². The first-order valence-electron chi connectivity index (χ1n) is 9.24. The molecule has 3 aliphatic rings. The van der Waals surface area contributed by atoms with Crippen LogP contribution in [-0.2, 0) is 17.8 Å². The Morgan fingerprint density at radius 1 is 1.30 bits per heavy atom. The zero-order valence-electron chi connectivity index (χ0n) is 13.9. The van der Waals surface area contributed by atoms with Crippen molar-refractivity contribution in [3.8, 4) is 0 Å². The highest BCUT2D eigenvalue weighted by atomic mass is 16.2. The van der Waals surface area contributed by atoms with Crippen LogP contribution in [0, 0.1) is 5.92 Å². The van der Waals surface area contributed by atoms with E-state index in [1.165, 1.54) is 25.7 Å². The van der Waals surface area contributed by atoms with Gasteiger partial charge < -0.3 is 10.6 Å². The molecule has 4 rings (SSSR count). The maximum atomic E-state index is 12.7. The van der Waals surface area contributed by atoms with E-state index >= 15 is 0 Å². The maximum absolute atomic E-state index is 12.7. The summed E-state index contributed by atoms with van der Waals surface area (Å²) in [7, 11) is 0. The van der Waals surface area contributed by atoms with Crippen molar-refractivity contribution in [2.24, 2.45) is 5.92 Å². The Balaban J connectivity index is 1.42. The number of fused-ring (bicyclic) bond motifs is 2. The lowest BCUT2D eigenvalue weighted by atomic mass is 9.85. The summed E-state index contributed by atoms with van der Waals surface area (Å²) < 4.78 is 1.98. The zero-order valence-corrected chi connectivity index (χ0v) is 13.9. The standard InChI is InChI=1S/C17H27N5O/c1-2-15-20-16-13(8-5-9-22(16)21-15)19-17(23)14-10-11-6-3-4-7-12(11)18-14/h11-14,18H,2-10H2,1H3,(H,19,23). The van der Waals surface area contributed by atoms with E-state index in [1.807, 2.05) is 4.68 Å². The number of amides is 1. The van der Waals surface area contributed by atoms with E-state index in [9.17, 15) is 4.79 Å². The first kappa shape index (κ1) is 15.1. The molecule has 1 aliphatic carbocycles. The average Bonchev–Trinajstić information content (AvgIpc) is 3.19. The van der Waals surface area contributed by atoms with E-state index in [2.05, 4.69) is 27.6 Å². The first-order valence-corrected chi connectivity index (χ1v) is 9.24. The maximum Gasteiger partial charge on any atom is 0.237 e. The molecule has 1 saturated heterocycles. The lowest BCUT2D eigenvalue weighted by Crippen LogP contribution is -2.45. The van der Waals surface area contributed by atoms with Gasteiger partial charge in [-0.15, -0.1) is 0 Å². The van der Waals surface area contributed by atoms with Crippen LogP contribution in [-0.4, -0.2) is 32.8 Å². The summed E-state index contributed by atoms with van der Waals surface area (Å²) in [6, 6.07) is 0.557. The summed E-state index contributed by atoms with van der Waals surface area (Å²) in [6.45, 7) is 2.99. The molecule has 0 radical (unpaired) electrons. The molecular formula is C17H27N5O. The Kier molecular flexibility index (Phi) is 4.09. The minimum Gasteiger partial charge on any atom is -0.345 e. The van der Waals surface area contributed by atoms with E-state index < -0.39 is 0 Å². The molecule has 2 N–H and O–H groups in total. The van der Waals surface area contributed by atoms with Crippen LogP contribution < -0.4 is 10.6 Å². The molecule has 4 atom stereocenters. The van der Waals surface area contributed by atoms with Crippen LogP contribution in [0.15, 0.2) is 0 Å². The molecule has 23 heavy (non-hydrogen) atoms. The summed E-state index contributed by atoms with van der Waals surface area (Å²) in [5.74, 6) is 2.67. The summed E-state index contributed by atoms with van der Waals surface area (Å²) in [5, 5.41) is 11.3. The minimum atomic E-state index is -0.0213. The molecule has 2 aliphatic heterocycles. The number of carbonyl (C=O) groups excluding carboxylic acids is 1. The Bertz CT molecular complexity index is 570. The van der Waals surface area contributed by atoms with Crippen LogP contribution in [0.2, 0.25) is 0 Å². The van der Waals surface area contributed by atoms with Crippen LogP contribution in [0.25, 0.3) is 0 Å². The molecule has 1 aromatic rings. The fourth-order valence-corrected chi connectivity index (χ4v) is 4.48. The van der Waals surface area contributed by atoms with Gasteiger partial charge in [-0.05, 0) is 38.0 Å². The molecule has 4 unspecified atom stereocenters. The first-order chi connectivity index (χ1) is 11.2. The molecular weight excluding hydrogens is 290 g/mol. The zero-order chi connectivity index (χ0) is 15.8. The lowest BCUT2D eigenvalue weighted by molar-refractivity contribution is -0.123. The number of nitrogens with one attached hydrogen (secondary N) is 2. The van der Waals surface area contributed by atoms with E-state index in [0.29, 0.717) is 12.0 Å². The molecule has 2 fully saturated rings. The summed E-state index contributed by atoms with van der Waals surface area (Å²) in [4.78, 5) is 17.3. The Morgan fingerprint density at radius 2 is 2.17 bits per heavy atom. The predicted molar refractivity (Wildman–Crippen MR) is 86.8 cm³/mol. The van der Waals surface area contributed by atoms with Gasteiger partial charge in [-0.1, -0.05) is 19.8 Å². The average molecular weight is 317 g/mol. The third kappa shape index (κ3) is 2.89. The third-order valence-corrected chi connectivity index (χ3v) is 5.73. The summed E-state index contributed by atoms with van der Waals surface area (Å²) >= 11 is 0. The highest BCUT2D eigenvalue weighted by Crippen LogP contribution is 2.33. The molecule has 1 saturated carbocycles. The molecule has 126 valence electrons. The van der Waals surface area contributed by atoms with E-state index in [1.54, 1.807) is 0 Å². The van der Waals surface area contributed by atoms with Gasteiger partial charge in [0, 0.05) is 19.0 Å². The second kappa shape index (κ2) is 6.23. The van der Waals surface area contributed by atoms with Gasteiger partial charge in [0.2, 0.25) is 5.91 Å². The minimum absolute atomic E-state index is 0.0213. The smallest absolute Gasteiger partial charge is 0.237 e. The molecule has 1 amide bonds. The second-order valence-corrected chi connectivity index (χ2v) is 7.27. The summed E-state index contributed by atoms with van der Waals surface area (Å²) in [5.41, 5.74) is 0. The molecule has 0 bridgehead atoms. The summed E-state index contributed by atoms with van der Waals surface area (Å²) in [6.07, 6.45) is 8.98. The predicted octanol–water partition coefficient (Wildman–Crippen LogP) is 1.71. The number of aryl methyl sites for hydroxylation is 2. The van der Waals surface area contributed by atoms with E-state index in [0.717, 1.165) is 43.9 Å². The number of rotatable bonds is 3. The normalized spacial score (nSPS) is 33.1. The SMILES string of the molecule is CCc1nc2n(n1)CCCC2NC(=O)C1CC2CCCCC2N1. The van der Waals surface area contributed by atoms with Gasteiger partial charge in [0.25, 0.3) is 0 Å². The fourth-order valence-electron chi connectivity index (χ4n) is 4.48. The van der Waals surface area contributed by atoms with Crippen molar-refractivity contribution in [2.75, 3.05) is 0 Å². The van der Waals surface area contributed by atoms with Gasteiger partial charge in [0.1, 0.15) is 5.82 Å². The van der Waals surface area contributed by atoms with Crippen LogP contribution >= 0.6 is 0 Å².